The summed E-state index contributed by atoms with van der Waals surface area (Å²) in [5, 5.41) is 0. The van der Waals surface area contributed by atoms with Crippen LogP contribution in [-0.2, 0) is 20.8 Å². The van der Waals surface area contributed by atoms with Crippen LogP contribution >= 0.6 is 0 Å². The van der Waals surface area contributed by atoms with Crippen molar-refractivity contribution in [2.45, 2.75) is 26.2 Å². The molecule has 1 amide bonds. The smallest absolute Gasteiger partial charge is 0.331 e. The van der Waals surface area contributed by atoms with Gasteiger partial charge in [-0.05, 0) is 18.1 Å². The van der Waals surface area contributed by atoms with E-state index in [4.69, 9.17) is 5.73 Å². The average Bonchev–Trinajstić information content (AvgIpc) is 2.35. The molecule has 0 aliphatic carbocycles. The van der Waals surface area contributed by atoms with E-state index in [0.29, 0.717) is 12.1 Å². The van der Waals surface area contributed by atoms with Crippen molar-refractivity contribution in [1.29, 1.82) is 0 Å². The molecule has 0 spiro atoms. The number of aryl methyl sites for hydroxylation is 1. The number of carbonyl (C=O) groups excluding carboxylic acids is 2. The van der Waals surface area contributed by atoms with Crippen LogP contribution in [0.25, 0.3) is 0 Å². The van der Waals surface area contributed by atoms with Gasteiger partial charge in [0.05, 0.1) is 0 Å². The number of benzene rings is 1. The summed E-state index contributed by atoms with van der Waals surface area (Å²) in [5.41, 5.74) is 9.39. The van der Waals surface area contributed by atoms with Crippen molar-refractivity contribution in [2.24, 2.45) is 0 Å². The lowest BCUT2D eigenvalue weighted by molar-refractivity contribution is -0.157. The first-order valence-corrected chi connectivity index (χ1v) is 5.45. The van der Waals surface area contributed by atoms with Crippen LogP contribution < -0.4 is 11.2 Å². The van der Waals surface area contributed by atoms with Gasteiger partial charge in [0.25, 0.3) is 5.91 Å². The molecule has 1 aromatic carbocycles. The number of hydrogen-bond donors (Lipinski definition) is 2. The van der Waals surface area contributed by atoms with Gasteiger partial charge in [0.15, 0.2) is 0 Å². The maximum Gasteiger partial charge on any atom is 0.331 e. The minimum absolute atomic E-state index is 0.227. The van der Waals surface area contributed by atoms with Gasteiger partial charge in [-0.25, -0.2) is 4.79 Å². The minimum Gasteiger partial charge on any atom is -0.399 e. The molecule has 1 rings (SSSR count). The Morgan fingerprint density at radius 3 is 2.71 bits per heavy atom. The lowest BCUT2D eigenvalue weighted by atomic mass is 10.1. The number of anilines is 1. The van der Waals surface area contributed by atoms with Gasteiger partial charge >= 0.3 is 5.97 Å². The van der Waals surface area contributed by atoms with E-state index < -0.39 is 5.97 Å². The molecule has 5 nitrogen and oxygen atoms in total. The summed E-state index contributed by atoms with van der Waals surface area (Å²) in [6.45, 7) is 1.65. The highest BCUT2D eigenvalue weighted by Gasteiger charge is 2.06. The first-order chi connectivity index (χ1) is 8.13. The predicted molar refractivity (Wildman–Crippen MR) is 63.7 cm³/mol. The summed E-state index contributed by atoms with van der Waals surface area (Å²) < 4.78 is 0. The molecule has 0 heterocycles. The second-order valence-corrected chi connectivity index (χ2v) is 3.55. The largest absolute Gasteiger partial charge is 0.399 e. The van der Waals surface area contributed by atoms with Crippen molar-refractivity contribution in [1.82, 2.24) is 5.48 Å². The van der Waals surface area contributed by atoms with E-state index in [1.165, 1.54) is 0 Å². The predicted octanol–water partition coefficient (Wildman–Crippen LogP) is 1.19. The first-order valence-electron chi connectivity index (χ1n) is 5.45. The number of amides is 1. The van der Waals surface area contributed by atoms with Gasteiger partial charge in [0, 0.05) is 18.5 Å². The Kier molecular flexibility index (Phi) is 5.00. The molecule has 0 aromatic heterocycles. The Morgan fingerprint density at radius 2 is 2.06 bits per heavy atom. The van der Waals surface area contributed by atoms with Gasteiger partial charge in [-0.15, -0.1) is 0 Å². The fourth-order valence-electron chi connectivity index (χ4n) is 1.25. The fourth-order valence-corrected chi connectivity index (χ4v) is 1.25. The lowest BCUT2D eigenvalue weighted by Crippen LogP contribution is -2.26. The third-order valence-corrected chi connectivity index (χ3v) is 2.24. The van der Waals surface area contributed by atoms with Gasteiger partial charge in [0.2, 0.25) is 0 Å². The second kappa shape index (κ2) is 6.52. The van der Waals surface area contributed by atoms with Crippen LogP contribution in [0.4, 0.5) is 5.69 Å². The number of nitrogens with two attached hydrogens (primary N) is 1. The van der Waals surface area contributed by atoms with Crippen molar-refractivity contribution in [2.75, 3.05) is 5.73 Å². The van der Waals surface area contributed by atoms with E-state index in [-0.39, 0.29) is 18.7 Å². The SMILES string of the molecule is CCC(=O)ONC(=O)CCc1ccccc1N. The normalized spacial score (nSPS) is 9.71. The van der Waals surface area contributed by atoms with Gasteiger partial charge < -0.3 is 10.6 Å². The van der Waals surface area contributed by atoms with Crippen LogP contribution in [0.1, 0.15) is 25.3 Å². The van der Waals surface area contributed by atoms with Crippen LogP contribution in [0.5, 0.6) is 0 Å². The summed E-state index contributed by atoms with van der Waals surface area (Å²) in [4.78, 5) is 26.6. The van der Waals surface area contributed by atoms with Crippen LogP contribution in [0.2, 0.25) is 0 Å². The highest BCUT2D eigenvalue weighted by Crippen LogP contribution is 2.12. The van der Waals surface area contributed by atoms with E-state index in [1.807, 2.05) is 18.2 Å². The molecule has 0 saturated carbocycles. The van der Waals surface area contributed by atoms with E-state index in [0.717, 1.165) is 5.56 Å². The molecule has 0 fully saturated rings. The maximum absolute atomic E-state index is 11.3. The summed E-state index contributed by atoms with van der Waals surface area (Å²) in [5.74, 6) is -0.798. The van der Waals surface area contributed by atoms with Crippen LogP contribution in [0.3, 0.4) is 0 Å². The monoisotopic (exact) mass is 236 g/mol. The number of nitrogens with one attached hydrogen (secondary N) is 1. The number of para-hydroxylation sites is 1. The topological polar surface area (TPSA) is 81.4 Å². The second-order valence-electron chi connectivity index (χ2n) is 3.55. The molecule has 0 atom stereocenters. The standard InChI is InChI=1S/C12H16N2O3/c1-2-12(16)17-14-11(15)8-7-9-5-3-4-6-10(9)13/h3-6H,2,7-8,13H2,1H3,(H,14,15). The van der Waals surface area contributed by atoms with Crippen molar-refractivity contribution < 1.29 is 14.4 Å². The molecule has 1 aromatic rings. The number of hydroxylamine groups is 1. The van der Waals surface area contributed by atoms with Crippen molar-refractivity contribution in [3.8, 4) is 0 Å². The Hall–Kier alpha value is -2.04. The Labute approximate surface area is 99.9 Å². The fraction of sp³-hybridized carbons (Fsp3) is 0.333. The van der Waals surface area contributed by atoms with Gasteiger partial charge in [-0.2, -0.15) is 5.48 Å². The van der Waals surface area contributed by atoms with Crippen molar-refractivity contribution >= 4 is 17.6 Å². The molecule has 0 aliphatic rings. The summed E-state index contributed by atoms with van der Waals surface area (Å²) >= 11 is 0. The molecule has 0 bridgehead atoms. The summed E-state index contributed by atoms with van der Waals surface area (Å²) in [7, 11) is 0. The van der Waals surface area contributed by atoms with E-state index in [9.17, 15) is 9.59 Å². The number of nitrogen functional groups attached to an aromatic ring is 1. The Bertz CT molecular complexity index is 404. The molecule has 0 unspecified atom stereocenters. The molecular formula is C12H16N2O3. The zero-order valence-corrected chi connectivity index (χ0v) is 9.73. The van der Waals surface area contributed by atoms with E-state index in [2.05, 4.69) is 10.3 Å². The highest BCUT2D eigenvalue weighted by molar-refractivity contribution is 5.78. The molecule has 0 radical (unpaired) electrons. The van der Waals surface area contributed by atoms with Crippen LogP contribution in [-0.4, -0.2) is 11.9 Å². The molecule has 0 saturated heterocycles. The molecule has 3 N–H and O–H groups in total. The van der Waals surface area contributed by atoms with Crippen LogP contribution in [0, 0.1) is 0 Å². The highest BCUT2D eigenvalue weighted by atomic mass is 16.7. The molecular weight excluding hydrogens is 220 g/mol. The molecule has 5 heteroatoms. The molecule has 0 aliphatic heterocycles. The zero-order valence-electron chi connectivity index (χ0n) is 9.73. The van der Waals surface area contributed by atoms with E-state index in [1.54, 1.807) is 13.0 Å². The zero-order chi connectivity index (χ0) is 12.7. The quantitative estimate of drug-likeness (QED) is 0.607. The lowest BCUT2D eigenvalue weighted by Gasteiger charge is -2.06. The minimum atomic E-state index is -0.461. The molecule has 92 valence electrons. The number of carbonyl (C=O) groups is 2. The Morgan fingerprint density at radius 1 is 1.35 bits per heavy atom. The summed E-state index contributed by atoms with van der Waals surface area (Å²) in [6.07, 6.45) is 0.972. The summed E-state index contributed by atoms with van der Waals surface area (Å²) in [6, 6.07) is 7.34. The number of hydrogen-bond acceptors (Lipinski definition) is 4. The van der Waals surface area contributed by atoms with Gasteiger partial charge in [0.1, 0.15) is 0 Å². The van der Waals surface area contributed by atoms with Crippen molar-refractivity contribution in [3.63, 3.8) is 0 Å². The third-order valence-electron chi connectivity index (χ3n) is 2.24. The molecule has 17 heavy (non-hydrogen) atoms. The van der Waals surface area contributed by atoms with E-state index >= 15 is 0 Å². The third kappa shape index (κ3) is 4.55. The number of rotatable bonds is 4. The first kappa shape index (κ1) is 13.0. The Balaban J connectivity index is 2.34. The van der Waals surface area contributed by atoms with Crippen molar-refractivity contribution in [3.05, 3.63) is 29.8 Å². The van der Waals surface area contributed by atoms with Crippen LogP contribution in [0.15, 0.2) is 24.3 Å². The van der Waals surface area contributed by atoms with Gasteiger partial charge in [-0.1, -0.05) is 25.1 Å². The maximum atomic E-state index is 11.3. The average molecular weight is 236 g/mol. The van der Waals surface area contributed by atoms with Gasteiger partial charge in [-0.3, -0.25) is 4.79 Å².